The first kappa shape index (κ1) is 11.8. The molecule has 0 aliphatic heterocycles. The van der Waals surface area contributed by atoms with Gasteiger partial charge >= 0.3 is 0 Å². The third-order valence-corrected chi connectivity index (χ3v) is 4.26. The van der Waals surface area contributed by atoms with Crippen LogP contribution in [0.5, 0.6) is 0 Å². The van der Waals surface area contributed by atoms with E-state index >= 15 is 0 Å². The lowest BCUT2D eigenvalue weighted by Gasteiger charge is -2.02. The smallest absolute Gasteiger partial charge is 0.0931 e. The van der Waals surface area contributed by atoms with Crippen LogP contribution >= 0.6 is 22.9 Å². The van der Waals surface area contributed by atoms with Crippen molar-refractivity contribution in [3.63, 3.8) is 0 Å². The summed E-state index contributed by atoms with van der Waals surface area (Å²) in [7, 11) is 0. The first-order chi connectivity index (χ1) is 8.78. The van der Waals surface area contributed by atoms with Crippen LogP contribution in [0.2, 0.25) is 4.34 Å². The largest absolute Gasteiger partial charge is 0.342 e. The highest BCUT2D eigenvalue weighted by Crippen LogP contribution is 2.26. The van der Waals surface area contributed by atoms with Gasteiger partial charge < -0.3 is 10.3 Å². The van der Waals surface area contributed by atoms with Gasteiger partial charge in [-0.25, -0.2) is 0 Å². The van der Waals surface area contributed by atoms with Crippen LogP contribution < -0.4 is 5.73 Å². The van der Waals surface area contributed by atoms with E-state index in [1.54, 1.807) is 11.3 Å². The number of aromatic nitrogens is 1. The third-order valence-electron chi connectivity index (χ3n) is 3.05. The second kappa shape index (κ2) is 4.76. The minimum atomic E-state index is 0.568. The number of hydrogen-bond acceptors (Lipinski definition) is 2. The van der Waals surface area contributed by atoms with Gasteiger partial charge in [-0.05, 0) is 23.8 Å². The maximum atomic E-state index is 5.97. The van der Waals surface area contributed by atoms with Gasteiger partial charge in [-0.1, -0.05) is 29.8 Å². The molecule has 2 aromatic heterocycles. The van der Waals surface area contributed by atoms with Crippen LogP contribution in [0.1, 0.15) is 10.4 Å². The Morgan fingerprint density at radius 1 is 1.17 bits per heavy atom. The molecule has 0 bridgehead atoms. The number of halogens is 1. The highest BCUT2D eigenvalue weighted by Gasteiger charge is 2.07. The normalized spacial score (nSPS) is 11.2. The summed E-state index contributed by atoms with van der Waals surface area (Å²) in [6.45, 7) is 1.41. The van der Waals surface area contributed by atoms with E-state index < -0.39 is 0 Å². The van der Waals surface area contributed by atoms with Gasteiger partial charge in [0.05, 0.1) is 10.9 Å². The topological polar surface area (TPSA) is 30.9 Å². The van der Waals surface area contributed by atoms with E-state index in [0.717, 1.165) is 10.9 Å². The molecule has 1 aromatic carbocycles. The minimum Gasteiger partial charge on any atom is -0.342 e. The number of nitrogens with two attached hydrogens (primary N) is 1. The first-order valence-electron chi connectivity index (χ1n) is 5.79. The zero-order valence-electron chi connectivity index (χ0n) is 9.77. The van der Waals surface area contributed by atoms with Gasteiger partial charge in [0.1, 0.15) is 0 Å². The number of benzene rings is 1. The molecule has 2 N–H and O–H groups in total. The molecule has 2 heterocycles. The molecule has 0 fully saturated rings. The summed E-state index contributed by atoms with van der Waals surface area (Å²) in [5.74, 6) is 0. The van der Waals surface area contributed by atoms with Crippen LogP contribution in [0, 0.1) is 0 Å². The minimum absolute atomic E-state index is 0.568. The first-order valence-corrected chi connectivity index (χ1v) is 6.98. The monoisotopic (exact) mass is 276 g/mol. The van der Waals surface area contributed by atoms with Crippen molar-refractivity contribution in [1.29, 1.82) is 0 Å². The summed E-state index contributed by atoms with van der Waals surface area (Å²) in [5.41, 5.74) is 8.21. The lowest BCUT2D eigenvalue weighted by atomic mass is 10.2. The fourth-order valence-corrected chi connectivity index (χ4v) is 3.31. The van der Waals surface area contributed by atoms with Gasteiger partial charge in [-0.2, -0.15) is 0 Å². The highest BCUT2D eigenvalue weighted by molar-refractivity contribution is 7.16. The Balaban J connectivity index is 2.06. The summed E-state index contributed by atoms with van der Waals surface area (Å²) in [6.07, 6.45) is 2.14. The molecule has 0 saturated carbocycles. The molecule has 92 valence electrons. The number of fused-ring (bicyclic) bond motifs is 1. The summed E-state index contributed by atoms with van der Waals surface area (Å²) in [5, 5.41) is 1.24. The van der Waals surface area contributed by atoms with E-state index in [4.69, 9.17) is 17.3 Å². The highest BCUT2D eigenvalue weighted by atomic mass is 35.5. The Morgan fingerprint density at radius 3 is 2.72 bits per heavy atom. The van der Waals surface area contributed by atoms with Crippen molar-refractivity contribution < 1.29 is 0 Å². The SMILES string of the molecule is NCc1cn(Cc2ccc(Cl)s2)c2ccccc12. The summed E-state index contributed by atoms with van der Waals surface area (Å²) < 4.78 is 3.07. The molecule has 0 spiro atoms. The van der Waals surface area contributed by atoms with E-state index in [1.165, 1.54) is 21.3 Å². The molecule has 18 heavy (non-hydrogen) atoms. The van der Waals surface area contributed by atoms with Crippen molar-refractivity contribution >= 4 is 33.8 Å². The van der Waals surface area contributed by atoms with E-state index in [9.17, 15) is 0 Å². The molecule has 3 aromatic rings. The Bertz CT molecular complexity index is 684. The molecule has 0 atom stereocenters. The van der Waals surface area contributed by atoms with Gasteiger partial charge in [0.2, 0.25) is 0 Å². The fourth-order valence-electron chi connectivity index (χ4n) is 2.22. The molecule has 0 unspecified atom stereocenters. The van der Waals surface area contributed by atoms with Crippen molar-refractivity contribution in [2.45, 2.75) is 13.1 Å². The number of para-hydroxylation sites is 1. The van der Waals surface area contributed by atoms with Crippen molar-refractivity contribution in [3.8, 4) is 0 Å². The molecule has 0 amide bonds. The number of nitrogens with zero attached hydrogens (tertiary/aromatic N) is 1. The van der Waals surface area contributed by atoms with E-state index in [-0.39, 0.29) is 0 Å². The van der Waals surface area contributed by atoms with Crippen molar-refractivity contribution in [2.24, 2.45) is 5.73 Å². The van der Waals surface area contributed by atoms with Crippen LogP contribution in [0.15, 0.2) is 42.6 Å². The van der Waals surface area contributed by atoms with Gasteiger partial charge in [-0.15, -0.1) is 11.3 Å². The third kappa shape index (κ3) is 2.05. The molecule has 0 aliphatic rings. The maximum Gasteiger partial charge on any atom is 0.0931 e. The Hall–Kier alpha value is -1.29. The van der Waals surface area contributed by atoms with Crippen LogP contribution in [0.25, 0.3) is 10.9 Å². The summed E-state index contributed by atoms with van der Waals surface area (Å²) >= 11 is 7.59. The lowest BCUT2D eigenvalue weighted by Crippen LogP contribution is -1.97. The maximum absolute atomic E-state index is 5.97. The van der Waals surface area contributed by atoms with Gasteiger partial charge in [0.25, 0.3) is 0 Å². The molecule has 4 heteroatoms. The van der Waals surface area contributed by atoms with Gasteiger partial charge in [0, 0.05) is 28.5 Å². The molecular weight excluding hydrogens is 264 g/mol. The lowest BCUT2D eigenvalue weighted by molar-refractivity contribution is 0.843. The number of rotatable bonds is 3. The van der Waals surface area contributed by atoms with Crippen molar-refractivity contribution in [3.05, 3.63) is 57.4 Å². The quantitative estimate of drug-likeness (QED) is 0.774. The Labute approximate surface area is 115 Å². The zero-order valence-corrected chi connectivity index (χ0v) is 11.3. The Morgan fingerprint density at radius 2 is 2.00 bits per heavy atom. The van der Waals surface area contributed by atoms with Crippen LogP contribution in [-0.4, -0.2) is 4.57 Å². The second-order valence-corrected chi connectivity index (χ2v) is 6.01. The molecular formula is C14H13ClN2S. The molecule has 3 rings (SSSR count). The molecule has 2 nitrogen and oxygen atoms in total. The number of hydrogen-bond donors (Lipinski definition) is 1. The van der Waals surface area contributed by atoms with E-state index in [1.807, 2.05) is 12.1 Å². The van der Waals surface area contributed by atoms with Crippen LogP contribution in [-0.2, 0) is 13.1 Å². The van der Waals surface area contributed by atoms with Crippen molar-refractivity contribution in [2.75, 3.05) is 0 Å². The van der Waals surface area contributed by atoms with Crippen LogP contribution in [0.3, 0.4) is 0 Å². The van der Waals surface area contributed by atoms with E-state index in [2.05, 4.69) is 35.0 Å². The summed E-state index contributed by atoms with van der Waals surface area (Å²) in [6, 6.07) is 12.4. The summed E-state index contributed by atoms with van der Waals surface area (Å²) in [4.78, 5) is 1.25. The predicted molar refractivity (Wildman–Crippen MR) is 78.3 cm³/mol. The predicted octanol–water partition coefficient (Wildman–Crippen LogP) is 3.86. The number of thiophene rings is 1. The van der Waals surface area contributed by atoms with Crippen molar-refractivity contribution in [1.82, 2.24) is 4.57 Å². The zero-order chi connectivity index (χ0) is 12.5. The molecule has 0 aliphatic carbocycles. The average molecular weight is 277 g/mol. The average Bonchev–Trinajstić information content (AvgIpc) is 2.95. The van der Waals surface area contributed by atoms with Gasteiger partial charge in [0.15, 0.2) is 0 Å². The molecule has 0 saturated heterocycles. The van der Waals surface area contributed by atoms with Crippen LogP contribution in [0.4, 0.5) is 0 Å². The van der Waals surface area contributed by atoms with Gasteiger partial charge in [-0.3, -0.25) is 0 Å². The Kier molecular flexibility index (Phi) is 3.12. The standard InChI is InChI=1S/C14H13ClN2S/c15-14-6-5-11(18-14)9-17-8-10(7-16)12-3-1-2-4-13(12)17/h1-6,8H,7,9,16H2. The van der Waals surface area contributed by atoms with E-state index in [0.29, 0.717) is 6.54 Å². The second-order valence-electron chi connectivity index (χ2n) is 4.21. The molecule has 0 radical (unpaired) electrons. The fraction of sp³-hybridized carbons (Fsp3) is 0.143.